The number of methoxy groups -OCH3 is 1. The maximum atomic E-state index is 11.7. The van der Waals surface area contributed by atoms with Gasteiger partial charge in [-0.15, -0.1) is 11.3 Å². The molecule has 0 amide bonds. The zero-order chi connectivity index (χ0) is 12.3. The second kappa shape index (κ2) is 5.58. The van der Waals surface area contributed by atoms with Crippen molar-refractivity contribution in [1.29, 1.82) is 0 Å². The van der Waals surface area contributed by atoms with E-state index in [1.807, 2.05) is 0 Å². The van der Waals surface area contributed by atoms with Crippen molar-refractivity contribution < 1.29 is 17.9 Å². The maximum Gasteiger partial charge on any atom is 0.320 e. The van der Waals surface area contributed by atoms with Crippen LogP contribution in [-0.4, -0.2) is 28.0 Å². The third kappa shape index (κ3) is 3.52. The van der Waals surface area contributed by atoms with Crippen LogP contribution in [0.5, 0.6) is 0 Å². The fourth-order valence-electron chi connectivity index (χ4n) is 0.812. The van der Waals surface area contributed by atoms with E-state index < -0.39 is 22.5 Å². The number of halogens is 2. The predicted molar refractivity (Wildman–Crippen MR) is 66.9 cm³/mol. The molecule has 0 aliphatic rings. The van der Waals surface area contributed by atoms with Gasteiger partial charge in [0.2, 0.25) is 10.0 Å². The lowest BCUT2D eigenvalue weighted by molar-refractivity contribution is -0.139. The Bertz CT molecular complexity index is 496. The van der Waals surface area contributed by atoms with E-state index >= 15 is 0 Å². The van der Waals surface area contributed by atoms with Crippen molar-refractivity contribution in [2.24, 2.45) is 0 Å². The van der Waals surface area contributed by atoms with Crippen LogP contribution < -0.4 is 4.72 Å². The molecule has 0 aromatic carbocycles. The van der Waals surface area contributed by atoms with E-state index in [9.17, 15) is 13.2 Å². The molecule has 0 aliphatic heterocycles. The lowest BCUT2D eigenvalue weighted by atomic mass is 10.7. The normalized spacial score (nSPS) is 11.4. The van der Waals surface area contributed by atoms with E-state index in [0.717, 1.165) is 0 Å². The van der Waals surface area contributed by atoms with Gasteiger partial charge in [-0.3, -0.25) is 4.79 Å². The minimum atomic E-state index is -3.69. The van der Waals surface area contributed by atoms with Crippen molar-refractivity contribution >= 4 is 59.2 Å². The average Bonchev–Trinajstić information content (AvgIpc) is 2.55. The first-order valence-electron chi connectivity index (χ1n) is 3.88. The van der Waals surface area contributed by atoms with Crippen LogP contribution in [0.15, 0.2) is 18.5 Å². The smallest absolute Gasteiger partial charge is 0.320 e. The maximum absolute atomic E-state index is 11.7. The number of hydrogen-bond acceptors (Lipinski definition) is 5. The third-order valence-corrected chi connectivity index (χ3v) is 5.71. The Morgan fingerprint density at radius 3 is 2.62 bits per heavy atom. The Morgan fingerprint density at radius 2 is 2.19 bits per heavy atom. The van der Waals surface area contributed by atoms with Gasteiger partial charge in [0.05, 0.1) is 14.7 Å². The van der Waals surface area contributed by atoms with Crippen LogP contribution in [0.4, 0.5) is 0 Å². The summed E-state index contributed by atoms with van der Waals surface area (Å²) in [7, 11) is -2.50. The Morgan fingerprint density at radius 1 is 1.56 bits per heavy atom. The van der Waals surface area contributed by atoms with E-state index in [-0.39, 0.29) is 4.90 Å². The highest BCUT2D eigenvalue weighted by atomic mass is 79.9. The molecule has 1 rings (SSSR count). The molecule has 1 N–H and O–H groups in total. The fourth-order valence-corrected chi connectivity index (χ4v) is 5.59. The SMILES string of the molecule is COC(=O)CNS(=O)(=O)c1cc(Br)sc1Br. The Balaban J connectivity index is 2.86. The highest BCUT2D eigenvalue weighted by Gasteiger charge is 2.21. The Labute approximate surface area is 113 Å². The predicted octanol–water partition coefficient (Wildman–Crippen LogP) is 1.72. The molecule has 0 atom stereocenters. The minimum Gasteiger partial charge on any atom is -0.468 e. The van der Waals surface area contributed by atoms with E-state index in [1.165, 1.54) is 24.5 Å². The number of sulfonamides is 1. The van der Waals surface area contributed by atoms with Gasteiger partial charge in [-0.1, -0.05) is 0 Å². The van der Waals surface area contributed by atoms with Gasteiger partial charge in [-0.05, 0) is 37.9 Å². The average molecular weight is 393 g/mol. The van der Waals surface area contributed by atoms with Crippen molar-refractivity contribution in [1.82, 2.24) is 4.72 Å². The van der Waals surface area contributed by atoms with Gasteiger partial charge in [0, 0.05) is 0 Å². The summed E-state index contributed by atoms with van der Waals surface area (Å²) >= 11 is 7.54. The Hall–Kier alpha value is 0.0400. The summed E-state index contributed by atoms with van der Waals surface area (Å²) < 4.78 is 31.1. The van der Waals surface area contributed by atoms with Crippen molar-refractivity contribution in [2.45, 2.75) is 4.90 Å². The van der Waals surface area contributed by atoms with Gasteiger partial charge < -0.3 is 4.74 Å². The molecule has 0 aliphatic carbocycles. The first-order valence-corrected chi connectivity index (χ1v) is 7.76. The largest absolute Gasteiger partial charge is 0.468 e. The second-order valence-electron chi connectivity index (χ2n) is 2.59. The van der Waals surface area contributed by atoms with Crippen molar-refractivity contribution in [3.05, 3.63) is 13.6 Å². The van der Waals surface area contributed by atoms with Crippen LogP contribution in [0.1, 0.15) is 0 Å². The van der Waals surface area contributed by atoms with Gasteiger partial charge in [0.1, 0.15) is 11.4 Å². The molecule has 0 bridgehead atoms. The van der Waals surface area contributed by atoms with Gasteiger partial charge in [-0.25, -0.2) is 8.42 Å². The zero-order valence-electron chi connectivity index (χ0n) is 7.99. The molecule has 0 spiro atoms. The lowest BCUT2D eigenvalue weighted by Gasteiger charge is -2.03. The summed E-state index contributed by atoms with van der Waals surface area (Å²) in [6.45, 7) is -0.390. The Kier molecular flexibility index (Phi) is 4.92. The van der Waals surface area contributed by atoms with E-state index in [0.29, 0.717) is 7.57 Å². The van der Waals surface area contributed by atoms with Gasteiger partial charge in [0.15, 0.2) is 0 Å². The van der Waals surface area contributed by atoms with Crippen LogP contribution >= 0.6 is 43.2 Å². The molecule has 90 valence electrons. The van der Waals surface area contributed by atoms with E-state index in [1.54, 1.807) is 0 Å². The first-order chi connectivity index (χ1) is 7.36. The molecule has 5 nitrogen and oxygen atoms in total. The number of esters is 1. The summed E-state index contributed by atoms with van der Waals surface area (Å²) in [5, 5.41) is 0. The molecule has 0 radical (unpaired) electrons. The number of thiophene rings is 1. The second-order valence-corrected chi connectivity index (χ2v) is 8.07. The topological polar surface area (TPSA) is 72.5 Å². The fraction of sp³-hybridized carbons (Fsp3) is 0.286. The van der Waals surface area contributed by atoms with Crippen LogP contribution in [0.2, 0.25) is 0 Å². The lowest BCUT2D eigenvalue weighted by Crippen LogP contribution is -2.30. The molecule has 1 aromatic heterocycles. The molecule has 0 saturated carbocycles. The first kappa shape index (κ1) is 14.1. The summed E-state index contributed by atoms with van der Waals surface area (Å²) in [6.07, 6.45) is 0. The number of rotatable bonds is 4. The van der Waals surface area contributed by atoms with E-state index in [4.69, 9.17) is 0 Å². The van der Waals surface area contributed by atoms with Gasteiger partial charge in [-0.2, -0.15) is 4.72 Å². The van der Waals surface area contributed by atoms with Gasteiger partial charge >= 0.3 is 5.97 Å². The number of carbonyl (C=O) groups is 1. The highest BCUT2D eigenvalue weighted by Crippen LogP contribution is 2.34. The van der Waals surface area contributed by atoms with Gasteiger partial charge in [0.25, 0.3) is 0 Å². The highest BCUT2D eigenvalue weighted by molar-refractivity contribution is 9.12. The molecular weight excluding hydrogens is 386 g/mol. The van der Waals surface area contributed by atoms with Crippen molar-refractivity contribution in [2.75, 3.05) is 13.7 Å². The molecule has 0 saturated heterocycles. The molecule has 0 fully saturated rings. The number of nitrogens with one attached hydrogen (secondary N) is 1. The quantitative estimate of drug-likeness (QED) is 0.792. The molecule has 0 unspecified atom stereocenters. The molecule has 1 heterocycles. The standard InChI is InChI=1S/C7H7Br2NO4S2/c1-14-6(11)3-10-16(12,13)4-2-5(8)15-7(4)9/h2,10H,3H2,1H3. The summed E-state index contributed by atoms with van der Waals surface area (Å²) in [5.41, 5.74) is 0. The molecule has 9 heteroatoms. The van der Waals surface area contributed by atoms with Crippen LogP contribution in [0.3, 0.4) is 0 Å². The monoisotopic (exact) mass is 391 g/mol. The summed E-state index contributed by atoms with van der Waals surface area (Å²) in [5.74, 6) is -0.644. The van der Waals surface area contributed by atoms with Crippen LogP contribution in [0.25, 0.3) is 0 Å². The van der Waals surface area contributed by atoms with Crippen LogP contribution in [0, 0.1) is 0 Å². The van der Waals surface area contributed by atoms with E-state index in [2.05, 4.69) is 41.3 Å². The number of hydrogen-bond donors (Lipinski definition) is 1. The minimum absolute atomic E-state index is 0.0910. The van der Waals surface area contributed by atoms with Crippen LogP contribution in [-0.2, 0) is 19.6 Å². The number of ether oxygens (including phenoxy) is 1. The molecular formula is C7H7Br2NO4S2. The van der Waals surface area contributed by atoms with Crippen molar-refractivity contribution in [3.63, 3.8) is 0 Å². The number of carbonyl (C=O) groups excluding carboxylic acids is 1. The zero-order valence-corrected chi connectivity index (χ0v) is 12.8. The van der Waals surface area contributed by atoms with Crippen molar-refractivity contribution in [3.8, 4) is 0 Å². The molecule has 16 heavy (non-hydrogen) atoms. The third-order valence-electron chi connectivity index (χ3n) is 1.55. The summed E-state index contributed by atoms with van der Waals surface area (Å²) in [4.78, 5) is 10.9. The molecule has 1 aromatic rings. The summed E-state index contributed by atoms with van der Waals surface area (Å²) in [6, 6.07) is 1.45.